The van der Waals surface area contributed by atoms with Crippen molar-refractivity contribution in [3.63, 3.8) is 0 Å². The van der Waals surface area contributed by atoms with E-state index in [2.05, 4.69) is 0 Å². The van der Waals surface area contributed by atoms with Crippen molar-refractivity contribution in [2.75, 3.05) is 32.6 Å². The van der Waals surface area contributed by atoms with Gasteiger partial charge in [-0.15, -0.1) is 23.1 Å². The fourth-order valence-corrected chi connectivity index (χ4v) is 5.23. The van der Waals surface area contributed by atoms with Gasteiger partial charge in [-0.25, -0.2) is 0 Å². The molecule has 20 heavy (non-hydrogen) atoms. The Morgan fingerprint density at radius 3 is 3.00 bits per heavy atom. The summed E-state index contributed by atoms with van der Waals surface area (Å²) in [4.78, 5) is 15.2. The summed E-state index contributed by atoms with van der Waals surface area (Å²) in [5.41, 5.74) is 0. The molecule has 1 spiro atoms. The number of rotatable bonds is 4. The average molecular weight is 313 g/mol. The molecule has 6 heteroatoms. The van der Waals surface area contributed by atoms with Crippen molar-refractivity contribution in [1.82, 2.24) is 4.90 Å². The Balaban J connectivity index is 1.62. The zero-order valence-corrected chi connectivity index (χ0v) is 13.4. The molecule has 3 heterocycles. The summed E-state index contributed by atoms with van der Waals surface area (Å²) >= 11 is 3.41. The van der Waals surface area contributed by atoms with Gasteiger partial charge in [0.25, 0.3) is 5.91 Å². The first-order chi connectivity index (χ1) is 9.67. The first kappa shape index (κ1) is 14.2. The maximum absolute atomic E-state index is 12.5. The van der Waals surface area contributed by atoms with E-state index < -0.39 is 0 Å². The van der Waals surface area contributed by atoms with Crippen molar-refractivity contribution in [1.29, 1.82) is 0 Å². The average Bonchev–Trinajstić information content (AvgIpc) is 3.02. The summed E-state index contributed by atoms with van der Waals surface area (Å²) in [5.74, 6) is 1.87. The largest absolute Gasteiger partial charge is 0.492 e. The van der Waals surface area contributed by atoms with E-state index >= 15 is 0 Å². The number of ether oxygens (including phenoxy) is 2. The van der Waals surface area contributed by atoms with Crippen LogP contribution in [-0.2, 0) is 4.74 Å². The van der Waals surface area contributed by atoms with Gasteiger partial charge < -0.3 is 14.4 Å². The van der Waals surface area contributed by atoms with Gasteiger partial charge in [0.05, 0.1) is 17.5 Å². The van der Waals surface area contributed by atoms with Gasteiger partial charge in [0, 0.05) is 26.0 Å². The SMILES string of the molecule is CCOc1ccsc1C(=O)N1CC2(CC(OC)CS2)C1. The topological polar surface area (TPSA) is 38.8 Å². The third-order valence-corrected chi connectivity index (χ3v) is 6.34. The number of thioether (sulfide) groups is 1. The Hall–Kier alpha value is -0.720. The van der Waals surface area contributed by atoms with Crippen LogP contribution in [0.15, 0.2) is 11.4 Å². The van der Waals surface area contributed by atoms with E-state index in [1.165, 1.54) is 11.3 Å². The highest BCUT2D eigenvalue weighted by molar-refractivity contribution is 8.01. The lowest BCUT2D eigenvalue weighted by Gasteiger charge is -2.47. The van der Waals surface area contributed by atoms with Gasteiger partial charge >= 0.3 is 0 Å². The maximum Gasteiger partial charge on any atom is 0.267 e. The van der Waals surface area contributed by atoms with E-state index in [0.29, 0.717) is 12.7 Å². The highest BCUT2D eigenvalue weighted by Gasteiger charge is 2.51. The van der Waals surface area contributed by atoms with Crippen LogP contribution in [0.4, 0.5) is 0 Å². The second-order valence-electron chi connectivity index (χ2n) is 5.26. The lowest BCUT2D eigenvalue weighted by Crippen LogP contribution is -2.60. The molecule has 2 saturated heterocycles. The van der Waals surface area contributed by atoms with Crippen LogP contribution in [0.1, 0.15) is 23.0 Å². The highest BCUT2D eigenvalue weighted by Crippen LogP contribution is 2.46. The van der Waals surface area contributed by atoms with E-state index in [0.717, 1.165) is 35.9 Å². The monoisotopic (exact) mass is 313 g/mol. The van der Waals surface area contributed by atoms with Crippen LogP contribution in [0.3, 0.4) is 0 Å². The molecular weight excluding hydrogens is 294 g/mol. The molecule has 0 radical (unpaired) electrons. The molecule has 2 aliphatic rings. The van der Waals surface area contributed by atoms with Gasteiger partial charge in [0.2, 0.25) is 0 Å². The second kappa shape index (κ2) is 5.58. The molecule has 3 rings (SSSR count). The minimum Gasteiger partial charge on any atom is -0.492 e. The van der Waals surface area contributed by atoms with E-state index in [4.69, 9.17) is 9.47 Å². The van der Waals surface area contributed by atoms with E-state index in [9.17, 15) is 4.79 Å². The minimum absolute atomic E-state index is 0.107. The number of thiophene rings is 1. The Bertz CT molecular complexity index is 496. The van der Waals surface area contributed by atoms with Gasteiger partial charge in [0.15, 0.2) is 0 Å². The number of hydrogen-bond acceptors (Lipinski definition) is 5. The smallest absolute Gasteiger partial charge is 0.267 e. The molecule has 2 aliphatic heterocycles. The second-order valence-corrected chi connectivity index (χ2v) is 7.67. The first-order valence-electron chi connectivity index (χ1n) is 6.84. The summed E-state index contributed by atoms with van der Waals surface area (Å²) in [5, 5.41) is 1.92. The van der Waals surface area contributed by atoms with Crippen molar-refractivity contribution >= 4 is 29.0 Å². The summed E-state index contributed by atoms with van der Waals surface area (Å²) in [6.07, 6.45) is 1.40. The van der Waals surface area contributed by atoms with Crippen LogP contribution in [-0.4, -0.2) is 54.2 Å². The van der Waals surface area contributed by atoms with Crippen molar-refractivity contribution in [3.8, 4) is 5.75 Å². The standard InChI is InChI=1S/C14H19NO3S2/c1-3-18-11-4-5-19-12(11)13(16)15-8-14(9-15)6-10(17-2)7-20-14/h4-5,10H,3,6-9H2,1-2H3. The van der Waals surface area contributed by atoms with Crippen LogP contribution in [0.25, 0.3) is 0 Å². The summed E-state index contributed by atoms with van der Waals surface area (Å²) < 4.78 is 11.2. The first-order valence-corrected chi connectivity index (χ1v) is 8.70. The Morgan fingerprint density at radius 2 is 2.35 bits per heavy atom. The zero-order valence-electron chi connectivity index (χ0n) is 11.8. The number of methoxy groups -OCH3 is 1. The molecule has 1 unspecified atom stereocenters. The molecular formula is C14H19NO3S2. The van der Waals surface area contributed by atoms with Gasteiger partial charge in [-0.3, -0.25) is 4.79 Å². The van der Waals surface area contributed by atoms with Gasteiger partial charge in [0.1, 0.15) is 10.6 Å². The zero-order chi connectivity index (χ0) is 14.2. The van der Waals surface area contributed by atoms with Crippen LogP contribution in [0, 0.1) is 0 Å². The molecule has 4 nitrogen and oxygen atoms in total. The summed E-state index contributed by atoms with van der Waals surface area (Å²) in [6.45, 7) is 4.19. The van der Waals surface area contributed by atoms with E-state index in [1.807, 2.05) is 35.0 Å². The van der Waals surface area contributed by atoms with Gasteiger partial charge in [-0.2, -0.15) is 0 Å². The van der Waals surface area contributed by atoms with E-state index in [1.54, 1.807) is 7.11 Å². The van der Waals surface area contributed by atoms with Crippen molar-refractivity contribution in [2.24, 2.45) is 0 Å². The summed E-state index contributed by atoms with van der Waals surface area (Å²) in [7, 11) is 1.77. The molecule has 0 bridgehead atoms. The molecule has 2 fully saturated rings. The third kappa shape index (κ3) is 2.44. The minimum atomic E-state index is 0.107. The number of carbonyl (C=O) groups is 1. The van der Waals surface area contributed by atoms with Crippen LogP contribution >= 0.6 is 23.1 Å². The van der Waals surface area contributed by atoms with Crippen LogP contribution < -0.4 is 4.74 Å². The fraction of sp³-hybridized carbons (Fsp3) is 0.643. The lowest BCUT2D eigenvalue weighted by atomic mass is 9.93. The quantitative estimate of drug-likeness (QED) is 0.856. The molecule has 1 amide bonds. The number of likely N-dealkylation sites (tertiary alicyclic amines) is 1. The predicted molar refractivity (Wildman–Crippen MR) is 82.0 cm³/mol. The predicted octanol–water partition coefficient (Wildman–Crippen LogP) is 2.49. The van der Waals surface area contributed by atoms with Crippen molar-refractivity contribution < 1.29 is 14.3 Å². The summed E-state index contributed by atoms with van der Waals surface area (Å²) in [6, 6.07) is 1.88. The molecule has 0 aromatic carbocycles. The molecule has 0 N–H and O–H groups in total. The van der Waals surface area contributed by atoms with Gasteiger partial charge in [-0.1, -0.05) is 0 Å². The molecule has 0 aliphatic carbocycles. The maximum atomic E-state index is 12.5. The number of hydrogen-bond donors (Lipinski definition) is 0. The number of carbonyl (C=O) groups excluding carboxylic acids is 1. The molecule has 0 saturated carbocycles. The van der Waals surface area contributed by atoms with E-state index in [-0.39, 0.29) is 10.7 Å². The molecule has 1 aromatic heterocycles. The van der Waals surface area contributed by atoms with Crippen LogP contribution in [0.5, 0.6) is 5.75 Å². The van der Waals surface area contributed by atoms with Crippen molar-refractivity contribution in [2.45, 2.75) is 24.2 Å². The molecule has 110 valence electrons. The van der Waals surface area contributed by atoms with Crippen LogP contribution in [0.2, 0.25) is 0 Å². The van der Waals surface area contributed by atoms with Gasteiger partial charge in [-0.05, 0) is 24.8 Å². The molecule has 1 aromatic rings. The Labute approximate surface area is 127 Å². The van der Waals surface area contributed by atoms with Crippen molar-refractivity contribution in [3.05, 3.63) is 16.3 Å². The lowest BCUT2D eigenvalue weighted by molar-refractivity contribution is 0.0453. The Morgan fingerprint density at radius 1 is 1.55 bits per heavy atom. The molecule has 1 atom stereocenters. The Kier molecular flexibility index (Phi) is 3.97. The fourth-order valence-electron chi connectivity index (χ4n) is 2.83. The number of amides is 1. The number of nitrogens with zero attached hydrogens (tertiary/aromatic N) is 1. The highest BCUT2D eigenvalue weighted by atomic mass is 32.2. The third-order valence-electron chi connectivity index (χ3n) is 3.88. The normalized spacial score (nSPS) is 23.9.